The van der Waals surface area contributed by atoms with E-state index in [2.05, 4.69) is 14.9 Å². The van der Waals surface area contributed by atoms with Gasteiger partial charge in [0.2, 0.25) is 15.9 Å². The fourth-order valence-electron chi connectivity index (χ4n) is 2.94. The number of anilines is 2. The molecule has 1 aromatic heterocycles. The summed E-state index contributed by atoms with van der Waals surface area (Å²) in [6.07, 6.45) is -0.0899. The molecule has 1 fully saturated rings. The normalized spacial score (nSPS) is 14.7. The number of amides is 1. The molecule has 1 aliphatic rings. The Morgan fingerprint density at radius 1 is 1.17 bits per heavy atom. The smallest absolute Gasteiger partial charge is 0.232 e. The van der Waals surface area contributed by atoms with Crippen molar-refractivity contribution in [3.05, 3.63) is 46.9 Å². The second-order valence-electron chi connectivity index (χ2n) is 6.57. The molecule has 0 radical (unpaired) electrons. The van der Waals surface area contributed by atoms with E-state index in [4.69, 9.17) is 11.6 Å². The summed E-state index contributed by atoms with van der Waals surface area (Å²) in [6.45, 7) is 3.63. The molecule has 1 aromatic carbocycles. The second kappa shape index (κ2) is 8.91. The predicted octanol–water partition coefficient (Wildman–Crippen LogP) is 1.92. The van der Waals surface area contributed by atoms with Crippen LogP contribution in [0, 0.1) is 5.82 Å². The number of sulfonamides is 1. The average molecular weight is 442 g/mol. The Kier molecular flexibility index (Phi) is 6.53. The molecule has 11 heteroatoms. The van der Waals surface area contributed by atoms with E-state index in [0.717, 1.165) is 6.07 Å². The molecule has 0 spiro atoms. The highest BCUT2D eigenvalue weighted by atomic mass is 35.5. The van der Waals surface area contributed by atoms with Crippen molar-refractivity contribution in [2.45, 2.75) is 13.3 Å². The molecule has 0 unspecified atom stereocenters. The minimum Gasteiger partial charge on any atom is -0.352 e. The number of benzene rings is 1. The number of nitrogens with one attached hydrogen (secondary N) is 1. The molecule has 0 saturated carbocycles. The number of halogens is 2. The van der Waals surface area contributed by atoms with Gasteiger partial charge in [-0.1, -0.05) is 17.7 Å². The number of rotatable bonds is 6. The number of carbonyl (C=O) groups excluding carboxylic acids is 1. The van der Waals surface area contributed by atoms with Crippen LogP contribution in [0.1, 0.15) is 12.5 Å². The van der Waals surface area contributed by atoms with Crippen LogP contribution in [0.25, 0.3) is 0 Å². The van der Waals surface area contributed by atoms with Gasteiger partial charge in [-0.3, -0.25) is 9.52 Å². The topological polar surface area (TPSA) is 95.5 Å². The summed E-state index contributed by atoms with van der Waals surface area (Å²) in [7, 11) is -3.49. The lowest BCUT2D eigenvalue weighted by Crippen LogP contribution is -2.49. The highest BCUT2D eigenvalue weighted by molar-refractivity contribution is 7.92. The van der Waals surface area contributed by atoms with Gasteiger partial charge in [0.1, 0.15) is 5.82 Å². The third-order valence-electron chi connectivity index (χ3n) is 4.62. The third-order valence-corrected chi connectivity index (χ3v) is 6.13. The molecular formula is C18H21ClFN5O3S. The molecule has 1 aliphatic heterocycles. The molecule has 8 nitrogen and oxygen atoms in total. The molecule has 156 valence electrons. The number of carbonyl (C=O) groups is 1. The first-order valence-corrected chi connectivity index (χ1v) is 11.1. The van der Waals surface area contributed by atoms with E-state index in [1.165, 1.54) is 19.1 Å². The molecule has 1 amide bonds. The molecule has 0 atom stereocenters. The zero-order valence-corrected chi connectivity index (χ0v) is 17.4. The van der Waals surface area contributed by atoms with Crippen molar-refractivity contribution in [3.8, 4) is 0 Å². The van der Waals surface area contributed by atoms with E-state index in [-0.39, 0.29) is 29.3 Å². The summed E-state index contributed by atoms with van der Waals surface area (Å²) in [5.41, 5.74) is 0.360. The van der Waals surface area contributed by atoms with Gasteiger partial charge in [-0.2, -0.15) is 0 Å². The first kappa shape index (κ1) is 21.3. The van der Waals surface area contributed by atoms with Crippen LogP contribution in [0.3, 0.4) is 0 Å². The zero-order chi connectivity index (χ0) is 21.0. The largest absolute Gasteiger partial charge is 0.352 e. The molecule has 1 N–H and O–H groups in total. The van der Waals surface area contributed by atoms with E-state index in [1.54, 1.807) is 17.0 Å². The average Bonchev–Trinajstić information content (AvgIpc) is 2.70. The van der Waals surface area contributed by atoms with Crippen molar-refractivity contribution in [2.24, 2.45) is 0 Å². The number of aromatic nitrogens is 2. The van der Waals surface area contributed by atoms with E-state index in [9.17, 15) is 17.6 Å². The Balaban J connectivity index is 1.57. The fraction of sp³-hybridized carbons (Fsp3) is 0.389. The van der Waals surface area contributed by atoms with Crippen molar-refractivity contribution >= 4 is 39.0 Å². The SMILES string of the molecule is CCS(=O)(=O)Nc1ccc(CC(=O)N2CCN(c3ccc(Cl)nn3)CC2)c(F)c1. The Bertz CT molecular complexity index is 979. The number of piperazine rings is 1. The summed E-state index contributed by atoms with van der Waals surface area (Å²) >= 11 is 5.74. The van der Waals surface area contributed by atoms with Gasteiger partial charge in [-0.25, -0.2) is 12.8 Å². The van der Waals surface area contributed by atoms with Crippen LogP contribution in [0.15, 0.2) is 30.3 Å². The highest BCUT2D eigenvalue weighted by Crippen LogP contribution is 2.19. The predicted molar refractivity (Wildman–Crippen MR) is 109 cm³/mol. The van der Waals surface area contributed by atoms with Crippen LogP contribution in [-0.2, 0) is 21.2 Å². The summed E-state index contributed by atoms with van der Waals surface area (Å²) < 4.78 is 39.8. The van der Waals surface area contributed by atoms with Gasteiger partial charge in [0.05, 0.1) is 17.9 Å². The number of hydrogen-bond donors (Lipinski definition) is 1. The summed E-state index contributed by atoms with van der Waals surface area (Å²) in [4.78, 5) is 16.2. The van der Waals surface area contributed by atoms with Crippen LogP contribution >= 0.6 is 11.6 Å². The van der Waals surface area contributed by atoms with Gasteiger partial charge in [-0.05, 0) is 36.8 Å². The molecule has 29 heavy (non-hydrogen) atoms. The maximum atomic E-state index is 14.3. The quantitative estimate of drug-likeness (QED) is 0.735. The van der Waals surface area contributed by atoms with Crippen LogP contribution in [0.4, 0.5) is 15.9 Å². The van der Waals surface area contributed by atoms with E-state index in [0.29, 0.717) is 37.1 Å². The van der Waals surface area contributed by atoms with Crippen molar-refractivity contribution in [1.29, 1.82) is 0 Å². The molecule has 0 bridgehead atoms. The van der Waals surface area contributed by atoms with Gasteiger partial charge < -0.3 is 9.80 Å². The Morgan fingerprint density at radius 2 is 1.90 bits per heavy atom. The lowest BCUT2D eigenvalue weighted by Gasteiger charge is -2.35. The van der Waals surface area contributed by atoms with Gasteiger partial charge >= 0.3 is 0 Å². The van der Waals surface area contributed by atoms with Crippen molar-refractivity contribution in [1.82, 2.24) is 15.1 Å². The Morgan fingerprint density at radius 3 is 2.48 bits per heavy atom. The summed E-state index contributed by atoms with van der Waals surface area (Å²) in [6, 6.07) is 7.41. The van der Waals surface area contributed by atoms with Crippen LogP contribution < -0.4 is 9.62 Å². The molecule has 3 rings (SSSR count). The first-order valence-electron chi connectivity index (χ1n) is 9.08. The highest BCUT2D eigenvalue weighted by Gasteiger charge is 2.23. The zero-order valence-electron chi connectivity index (χ0n) is 15.8. The summed E-state index contributed by atoms with van der Waals surface area (Å²) in [5, 5.41) is 8.17. The second-order valence-corrected chi connectivity index (χ2v) is 8.97. The van der Waals surface area contributed by atoms with E-state index < -0.39 is 15.8 Å². The number of nitrogens with zero attached hydrogens (tertiary/aromatic N) is 4. The van der Waals surface area contributed by atoms with Crippen molar-refractivity contribution in [2.75, 3.05) is 41.6 Å². The van der Waals surface area contributed by atoms with Gasteiger partial charge in [0.25, 0.3) is 0 Å². The standard InChI is InChI=1S/C18H21ClFN5O3S/c1-2-29(27,28)23-14-4-3-13(15(20)12-14)11-18(26)25-9-7-24(8-10-25)17-6-5-16(19)21-22-17/h3-6,12,23H,2,7-11H2,1H3. The van der Waals surface area contributed by atoms with Crippen LogP contribution in [0.2, 0.25) is 5.15 Å². The molecule has 2 heterocycles. The Labute approximate surface area is 173 Å². The molecule has 0 aliphatic carbocycles. The molecular weight excluding hydrogens is 421 g/mol. The maximum absolute atomic E-state index is 14.3. The third kappa shape index (κ3) is 5.54. The first-order chi connectivity index (χ1) is 13.8. The van der Waals surface area contributed by atoms with Crippen molar-refractivity contribution < 1.29 is 17.6 Å². The van der Waals surface area contributed by atoms with Crippen LogP contribution in [0.5, 0.6) is 0 Å². The lowest BCUT2D eigenvalue weighted by molar-refractivity contribution is -0.130. The Hall–Kier alpha value is -2.46. The summed E-state index contributed by atoms with van der Waals surface area (Å²) in [5.74, 6) is -0.224. The van der Waals surface area contributed by atoms with Crippen LogP contribution in [-0.4, -0.2) is 61.4 Å². The molecule has 1 saturated heterocycles. The monoisotopic (exact) mass is 441 g/mol. The lowest BCUT2D eigenvalue weighted by atomic mass is 10.1. The van der Waals surface area contributed by atoms with E-state index >= 15 is 0 Å². The molecule has 2 aromatic rings. The van der Waals surface area contributed by atoms with Crippen molar-refractivity contribution in [3.63, 3.8) is 0 Å². The fourth-order valence-corrected chi connectivity index (χ4v) is 3.67. The minimum absolute atomic E-state index is 0.0899. The van der Waals surface area contributed by atoms with Gasteiger partial charge in [0, 0.05) is 26.2 Å². The number of hydrogen-bond acceptors (Lipinski definition) is 6. The van der Waals surface area contributed by atoms with E-state index in [1.807, 2.05) is 4.90 Å². The van der Waals surface area contributed by atoms with Gasteiger partial charge in [-0.15, -0.1) is 10.2 Å². The maximum Gasteiger partial charge on any atom is 0.232 e. The van der Waals surface area contributed by atoms with Gasteiger partial charge in [0.15, 0.2) is 11.0 Å². The minimum atomic E-state index is -3.49.